The molecule has 0 aliphatic heterocycles. The molecule has 0 fully saturated rings. The van der Waals surface area contributed by atoms with E-state index in [9.17, 15) is 26.3 Å². The van der Waals surface area contributed by atoms with Crippen LogP contribution in [0.2, 0.25) is 5.15 Å². The molecule has 2 atom stereocenters. The molecule has 0 radical (unpaired) electrons. The predicted molar refractivity (Wildman–Crippen MR) is 86.3 cm³/mol. The monoisotopic (exact) mass is 417 g/mol. The third kappa shape index (κ3) is 5.81. The van der Waals surface area contributed by atoms with Gasteiger partial charge in [0.05, 0.1) is 4.11 Å². The summed E-state index contributed by atoms with van der Waals surface area (Å²) in [5, 5.41) is 3.14. The number of anilines is 2. The van der Waals surface area contributed by atoms with Crippen LogP contribution in [0, 0.1) is 0 Å². The molecule has 0 aromatic carbocycles. The highest BCUT2D eigenvalue weighted by molar-refractivity contribution is 6.29. The Labute approximate surface area is 158 Å². The zero-order valence-electron chi connectivity index (χ0n) is 16.6. The number of nitrogens with one attached hydrogen (secondary N) is 2. The standard InChI is InChI=1S/C14H13ClF6N6/c1-6(13(16,17)18)22-11-25-10(8-4-3-5-9(15)24-8)26-12(27-11)23-7(2)14(19,20)21/h3-7H,1-2H3,(H2,22,23,25,26,27)/i4D,6D,7D. The van der Waals surface area contributed by atoms with Crippen molar-refractivity contribution in [3.63, 3.8) is 0 Å². The molecule has 27 heavy (non-hydrogen) atoms. The van der Waals surface area contributed by atoms with Crippen LogP contribution in [0.15, 0.2) is 18.2 Å². The summed E-state index contributed by atoms with van der Waals surface area (Å²) in [6.07, 6.45) is -10.2. The van der Waals surface area contributed by atoms with Gasteiger partial charge in [0, 0.05) is 0 Å². The number of halogens is 7. The Kier molecular flexibility index (Phi) is 4.79. The molecule has 0 spiro atoms. The summed E-state index contributed by atoms with van der Waals surface area (Å²) >= 11 is 5.72. The third-order valence-corrected chi connectivity index (χ3v) is 3.17. The molecule has 0 saturated heterocycles. The van der Waals surface area contributed by atoms with Crippen molar-refractivity contribution in [3.05, 3.63) is 23.3 Å². The van der Waals surface area contributed by atoms with Crippen molar-refractivity contribution in [1.29, 1.82) is 0 Å². The number of nitrogens with zero attached hydrogens (tertiary/aromatic N) is 4. The average Bonchev–Trinajstić information content (AvgIpc) is 2.53. The fraction of sp³-hybridized carbons (Fsp3) is 0.429. The zero-order valence-corrected chi connectivity index (χ0v) is 14.3. The number of hydrogen-bond acceptors (Lipinski definition) is 6. The Morgan fingerprint density at radius 3 is 1.89 bits per heavy atom. The highest BCUT2D eigenvalue weighted by atomic mass is 35.5. The maximum atomic E-state index is 13.0. The van der Waals surface area contributed by atoms with E-state index in [0.717, 1.165) is 6.07 Å². The van der Waals surface area contributed by atoms with Crippen LogP contribution in [-0.4, -0.2) is 44.3 Å². The lowest BCUT2D eigenvalue weighted by Gasteiger charge is -2.20. The average molecular weight is 418 g/mol. The number of aromatic nitrogens is 4. The van der Waals surface area contributed by atoms with Crippen LogP contribution in [0.1, 0.15) is 18.0 Å². The van der Waals surface area contributed by atoms with E-state index in [1.165, 1.54) is 6.07 Å². The maximum Gasteiger partial charge on any atom is 0.408 e. The molecule has 0 bridgehead atoms. The second-order valence-electron chi connectivity index (χ2n) is 5.06. The lowest BCUT2D eigenvalue weighted by atomic mass is 10.3. The highest BCUT2D eigenvalue weighted by Gasteiger charge is 2.38. The summed E-state index contributed by atoms with van der Waals surface area (Å²) in [5.74, 6) is -2.47. The van der Waals surface area contributed by atoms with Crippen LogP contribution in [0.5, 0.6) is 0 Å². The smallest absolute Gasteiger partial charge is 0.343 e. The van der Waals surface area contributed by atoms with Gasteiger partial charge in [-0.05, 0) is 26.0 Å². The Morgan fingerprint density at radius 2 is 1.44 bits per heavy atom. The molecule has 0 amide bonds. The summed E-state index contributed by atoms with van der Waals surface area (Å²) in [6.45, 7) is 0.864. The van der Waals surface area contributed by atoms with Gasteiger partial charge in [-0.15, -0.1) is 0 Å². The molecule has 2 aromatic rings. The van der Waals surface area contributed by atoms with Crippen molar-refractivity contribution >= 4 is 23.5 Å². The van der Waals surface area contributed by atoms with Gasteiger partial charge >= 0.3 is 12.4 Å². The van der Waals surface area contributed by atoms with Gasteiger partial charge in [-0.3, -0.25) is 0 Å². The minimum Gasteiger partial charge on any atom is -0.343 e. The van der Waals surface area contributed by atoms with Gasteiger partial charge < -0.3 is 10.6 Å². The van der Waals surface area contributed by atoms with E-state index in [2.05, 4.69) is 19.9 Å². The van der Waals surface area contributed by atoms with E-state index in [1.807, 2.05) is 0 Å². The van der Waals surface area contributed by atoms with Crippen molar-refractivity contribution in [2.45, 2.75) is 38.2 Å². The predicted octanol–water partition coefficient (Wildman–Crippen LogP) is 4.31. The van der Waals surface area contributed by atoms with Crippen molar-refractivity contribution in [2.24, 2.45) is 0 Å². The quantitative estimate of drug-likeness (QED) is 0.557. The van der Waals surface area contributed by atoms with Gasteiger partial charge in [0.25, 0.3) is 0 Å². The maximum absolute atomic E-state index is 13.0. The zero-order chi connectivity index (χ0) is 23.1. The molecule has 2 aromatic heterocycles. The Bertz CT molecular complexity index is 891. The van der Waals surface area contributed by atoms with Gasteiger partial charge in [0.1, 0.15) is 22.9 Å². The Hall–Kier alpha value is -2.37. The van der Waals surface area contributed by atoms with Gasteiger partial charge in [0.2, 0.25) is 11.9 Å². The van der Waals surface area contributed by atoms with E-state index in [1.54, 1.807) is 10.6 Å². The molecular weight excluding hydrogens is 402 g/mol. The molecule has 6 nitrogen and oxygen atoms in total. The molecule has 2 heterocycles. The summed E-state index contributed by atoms with van der Waals surface area (Å²) < 4.78 is 101. The SMILES string of the molecule is [2H]c1ccc(Cl)nc1-c1nc(NC([2H])(C)C(F)(F)F)nc(NC([2H])(C)C(F)(F)F)n1. The molecule has 13 heteroatoms. The minimum atomic E-state index is -5.10. The first-order valence-corrected chi connectivity index (χ1v) is 7.40. The van der Waals surface area contributed by atoms with Gasteiger partial charge in [0.15, 0.2) is 5.82 Å². The Balaban J connectivity index is 2.61. The first kappa shape index (κ1) is 16.8. The normalized spacial score (nSPS) is 18.5. The van der Waals surface area contributed by atoms with Crippen molar-refractivity contribution in [2.75, 3.05) is 10.6 Å². The van der Waals surface area contributed by atoms with Crippen molar-refractivity contribution in [1.82, 2.24) is 19.9 Å². The van der Waals surface area contributed by atoms with Gasteiger partial charge in [-0.2, -0.15) is 41.3 Å². The number of hydrogen-bond donors (Lipinski definition) is 2. The number of rotatable bonds is 5. The minimum absolute atomic E-state index is 0.147. The molecule has 148 valence electrons. The first-order chi connectivity index (χ1) is 13.4. The molecule has 2 unspecified atom stereocenters. The number of alkyl halides is 6. The van der Waals surface area contributed by atoms with Crippen LogP contribution in [0.3, 0.4) is 0 Å². The Morgan fingerprint density at radius 1 is 0.963 bits per heavy atom. The van der Waals surface area contributed by atoms with Gasteiger partial charge in [-0.25, -0.2) is 4.98 Å². The topological polar surface area (TPSA) is 75.6 Å². The molecule has 0 aliphatic rings. The fourth-order valence-electron chi connectivity index (χ4n) is 1.55. The lowest BCUT2D eigenvalue weighted by molar-refractivity contribution is -0.139. The highest BCUT2D eigenvalue weighted by Crippen LogP contribution is 2.26. The van der Waals surface area contributed by atoms with Crippen LogP contribution >= 0.6 is 11.6 Å². The molecule has 2 N–H and O–H groups in total. The summed E-state index contributed by atoms with van der Waals surface area (Å²) in [7, 11) is 0. The number of pyridine rings is 1. The van der Waals surface area contributed by atoms with E-state index in [4.69, 9.17) is 15.7 Å². The van der Waals surface area contributed by atoms with Crippen LogP contribution in [0.25, 0.3) is 11.5 Å². The first-order valence-electron chi connectivity index (χ1n) is 8.52. The molecule has 2 rings (SSSR count). The summed E-state index contributed by atoms with van der Waals surface area (Å²) in [6, 6.07) is -4.59. The van der Waals surface area contributed by atoms with E-state index < -0.39 is 42.1 Å². The van der Waals surface area contributed by atoms with Crippen molar-refractivity contribution < 1.29 is 30.5 Å². The second-order valence-corrected chi connectivity index (χ2v) is 5.45. The largest absolute Gasteiger partial charge is 0.408 e. The van der Waals surface area contributed by atoms with E-state index in [0.29, 0.717) is 13.8 Å². The lowest BCUT2D eigenvalue weighted by Crippen LogP contribution is -2.35. The third-order valence-electron chi connectivity index (χ3n) is 2.96. The molecule has 0 saturated carbocycles. The van der Waals surface area contributed by atoms with Crippen LogP contribution in [0.4, 0.5) is 38.2 Å². The van der Waals surface area contributed by atoms with E-state index >= 15 is 0 Å². The van der Waals surface area contributed by atoms with E-state index in [-0.39, 0.29) is 16.9 Å². The van der Waals surface area contributed by atoms with Crippen molar-refractivity contribution in [3.8, 4) is 11.5 Å². The second kappa shape index (κ2) is 7.71. The van der Waals surface area contributed by atoms with Gasteiger partial charge in [-0.1, -0.05) is 17.7 Å². The fourth-order valence-corrected chi connectivity index (χ4v) is 1.70. The van der Waals surface area contributed by atoms with Crippen LogP contribution < -0.4 is 10.6 Å². The summed E-state index contributed by atoms with van der Waals surface area (Å²) in [5.41, 5.74) is -0.367. The molecular formula is C14H13ClF6N6. The molecule has 0 aliphatic carbocycles. The summed E-state index contributed by atoms with van der Waals surface area (Å²) in [4.78, 5) is 14.4. The van der Waals surface area contributed by atoms with Crippen LogP contribution in [-0.2, 0) is 0 Å².